The summed E-state index contributed by atoms with van der Waals surface area (Å²) < 4.78 is 4.25. The van der Waals surface area contributed by atoms with Gasteiger partial charge in [-0.25, -0.2) is 4.79 Å². The molecule has 0 aromatic rings. The fraction of sp³-hybridized carbons (Fsp3) is 0.714. The summed E-state index contributed by atoms with van der Waals surface area (Å²) in [5, 5.41) is 15.9. The van der Waals surface area contributed by atoms with Crippen molar-refractivity contribution in [3.63, 3.8) is 0 Å². The number of amidine groups is 1. The lowest BCUT2D eigenvalue weighted by atomic mass is 10.1. The monoisotopic (exact) mass is 204 g/mol. The maximum absolute atomic E-state index is 11.0. The first-order chi connectivity index (χ1) is 6.47. The number of ether oxygens (including phenoxy) is 1. The van der Waals surface area contributed by atoms with Gasteiger partial charge in [-0.1, -0.05) is 0 Å². The number of carbonyl (C=O) groups excluding carboxylic acids is 1. The maximum atomic E-state index is 11.0. The van der Waals surface area contributed by atoms with E-state index < -0.39 is 24.1 Å². The molecule has 0 saturated heterocycles. The standard InChI is InChI=1S/C7H16N4O3/c8-2-1-4(12)3-5(9)6(13)14-7(10)11/h4-5,12H,1-3,8-9H2,(H3,10,11)/t4?,5-/m0/s1. The highest BCUT2D eigenvalue weighted by Crippen LogP contribution is 2.01. The molecule has 7 heteroatoms. The van der Waals surface area contributed by atoms with E-state index in [1.807, 2.05) is 0 Å². The summed E-state index contributed by atoms with van der Waals surface area (Å²) in [7, 11) is 0. The molecule has 82 valence electrons. The third kappa shape index (κ3) is 5.46. The van der Waals surface area contributed by atoms with Crippen LogP contribution >= 0.6 is 0 Å². The fourth-order valence-electron chi connectivity index (χ4n) is 0.884. The summed E-state index contributed by atoms with van der Waals surface area (Å²) in [6.45, 7) is 0.315. The molecule has 2 atom stereocenters. The topological polar surface area (TPSA) is 148 Å². The Bertz CT molecular complexity index is 209. The van der Waals surface area contributed by atoms with Gasteiger partial charge in [-0.05, 0) is 19.4 Å². The van der Waals surface area contributed by atoms with E-state index in [0.29, 0.717) is 13.0 Å². The van der Waals surface area contributed by atoms with Gasteiger partial charge < -0.3 is 27.0 Å². The summed E-state index contributed by atoms with van der Waals surface area (Å²) in [4.78, 5) is 11.0. The molecule has 1 unspecified atom stereocenters. The molecule has 0 amide bonds. The molecule has 8 N–H and O–H groups in total. The van der Waals surface area contributed by atoms with Crippen molar-refractivity contribution < 1.29 is 14.6 Å². The second-order valence-electron chi connectivity index (χ2n) is 2.86. The highest BCUT2D eigenvalue weighted by Gasteiger charge is 2.19. The first-order valence-corrected chi connectivity index (χ1v) is 4.16. The zero-order valence-corrected chi connectivity index (χ0v) is 7.77. The summed E-state index contributed by atoms with van der Waals surface area (Å²) in [5.74, 6) is -0.825. The summed E-state index contributed by atoms with van der Waals surface area (Å²) in [5.41, 5.74) is 15.4. The molecule has 7 nitrogen and oxygen atoms in total. The van der Waals surface area contributed by atoms with E-state index in [0.717, 1.165) is 0 Å². The van der Waals surface area contributed by atoms with E-state index in [2.05, 4.69) is 4.74 Å². The largest absolute Gasteiger partial charge is 0.393 e. The predicted molar refractivity (Wildman–Crippen MR) is 50.3 cm³/mol. The van der Waals surface area contributed by atoms with Crippen molar-refractivity contribution in [2.75, 3.05) is 6.54 Å². The van der Waals surface area contributed by atoms with Gasteiger partial charge in [0.1, 0.15) is 6.04 Å². The number of rotatable bonds is 5. The zero-order chi connectivity index (χ0) is 11.1. The second kappa shape index (κ2) is 6.30. The van der Waals surface area contributed by atoms with E-state index in [4.69, 9.17) is 22.6 Å². The van der Waals surface area contributed by atoms with Gasteiger partial charge in [0.05, 0.1) is 6.10 Å². The Morgan fingerprint density at radius 3 is 2.57 bits per heavy atom. The van der Waals surface area contributed by atoms with Crippen molar-refractivity contribution in [2.24, 2.45) is 17.2 Å². The second-order valence-corrected chi connectivity index (χ2v) is 2.86. The molecule has 0 saturated carbocycles. The summed E-state index contributed by atoms with van der Waals surface area (Å²) in [6.07, 6.45) is -0.334. The van der Waals surface area contributed by atoms with Crippen molar-refractivity contribution in [1.82, 2.24) is 0 Å². The Morgan fingerprint density at radius 2 is 2.14 bits per heavy atom. The number of nitrogens with two attached hydrogens (primary N) is 3. The van der Waals surface area contributed by atoms with Gasteiger partial charge in [0, 0.05) is 0 Å². The van der Waals surface area contributed by atoms with Gasteiger partial charge in [-0.3, -0.25) is 5.41 Å². The Morgan fingerprint density at radius 1 is 1.57 bits per heavy atom. The molecule has 0 aliphatic heterocycles. The number of carbonyl (C=O) groups is 1. The predicted octanol–water partition coefficient (Wildman–Crippen LogP) is -2.15. The van der Waals surface area contributed by atoms with Crippen molar-refractivity contribution in [2.45, 2.75) is 25.0 Å². The van der Waals surface area contributed by atoms with Crippen molar-refractivity contribution in [3.8, 4) is 0 Å². The van der Waals surface area contributed by atoms with Crippen LogP contribution < -0.4 is 17.2 Å². The van der Waals surface area contributed by atoms with E-state index in [1.165, 1.54) is 0 Å². The van der Waals surface area contributed by atoms with E-state index in [9.17, 15) is 9.90 Å². The normalized spacial score (nSPS) is 14.5. The van der Waals surface area contributed by atoms with E-state index >= 15 is 0 Å². The molecule has 0 aliphatic carbocycles. The third-order valence-electron chi connectivity index (χ3n) is 1.54. The van der Waals surface area contributed by atoms with Crippen molar-refractivity contribution in [3.05, 3.63) is 0 Å². The Hall–Kier alpha value is -1.18. The van der Waals surface area contributed by atoms with Gasteiger partial charge >= 0.3 is 5.97 Å². The number of nitrogens with one attached hydrogen (secondary N) is 1. The van der Waals surface area contributed by atoms with Crippen LogP contribution in [0.4, 0.5) is 0 Å². The fourth-order valence-corrected chi connectivity index (χ4v) is 0.884. The molecular weight excluding hydrogens is 188 g/mol. The quantitative estimate of drug-likeness (QED) is 0.196. The van der Waals surface area contributed by atoms with Crippen LogP contribution in [0.25, 0.3) is 0 Å². The van der Waals surface area contributed by atoms with Crippen LogP contribution in [-0.2, 0) is 9.53 Å². The van der Waals surface area contributed by atoms with Crippen LogP contribution in [-0.4, -0.2) is 35.8 Å². The maximum Gasteiger partial charge on any atom is 0.330 e. The molecule has 0 bridgehead atoms. The van der Waals surface area contributed by atoms with Gasteiger partial charge in [0.15, 0.2) is 0 Å². The van der Waals surface area contributed by atoms with Crippen LogP contribution in [0.2, 0.25) is 0 Å². The molecule has 0 radical (unpaired) electrons. The van der Waals surface area contributed by atoms with Gasteiger partial charge in [-0.2, -0.15) is 0 Å². The lowest BCUT2D eigenvalue weighted by Crippen LogP contribution is -2.38. The van der Waals surface area contributed by atoms with Crippen LogP contribution in [0, 0.1) is 5.41 Å². The number of esters is 1. The smallest absolute Gasteiger partial charge is 0.330 e. The first kappa shape index (κ1) is 12.8. The van der Waals surface area contributed by atoms with Crippen LogP contribution in [0.5, 0.6) is 0 Å². The highest BCUT2D eigenvalue weighted by atomic mass is 16.6. The average Bonchev–Trinajstić information content (AvgIpc) is 2.02. The molecule has 0 fully saturated rings. The van der Waals surface area contributed by atoms with Crippen LogP contribution in [0.3, 0.4) is 0 Å². The minimum absolute atomic E-state index is 0.0450. The van der Waals surface area contributed by atoms with Crippen molar-refractivity contribution in [1.29, 1.82) is 5.41 Å². The minimum Gasteiger partial charge on any atom is -0.393 e. The molecule has 0 aromatic carbocycles. The lowest BCUT2D eigenvalue weighted by Gasteiger charge is -2.13. The highest BCUT2D eigenvalue weighted by molar-refractivity contribution is 5.87. The first-order valence-electron chi connectivity index (χ1n) is 4.16. The molecule has 0 rings (SSSR count). The van der Waals surface area contributed by atoms with E-state index in [1.54, 1.807) is 0 Å². The number of hydrogen-bond donors (Lipinski definition) is 5. The number of hydrogen-bond acceptors (Lipinski definition) is 6. The average molecular weight is 204 g/mol. The molecule has 0 aliphatic rings. The van der Waals surface area contributed by atoms with Gasteiger partial charge in [0.2, 0.25) is 0 Å². The van der Waals surface area contributed by atoms with E-state index in [-0.39, 0.29) is 6.42 Å². The number of aliphatic hydroxyl groups excluding tert-OH is 1. The Balaban J connectivity index is 3.88. The van der Waals surface area contributed by atoms with Crippen molar-refractivity contribution >= 4 is 12.0 Å². The van der Waals surface area contributed by atoms with Gasteiger partial charge in [-0.15, -0.1) is 0 Å². The third-order valence-corrected chi connectivity index (χ3v) is 1.54. The van der Waals surface area contributed by atoms with Crippen LogP contribution in [0.15, 0.2) is 0 Å². The SMILES string of the molecule is N=C(N)OC(=O)[C@@H](N)CC(O)CCN. The zero-order valence-electron chi connectivity index (χ0n) is 7.77. The molecular formula is C7H16N4O3. The number of aliphatic hydroxyl groups is 1. The summed E-state index contributed by atoms with van der Waals surface area (Å²) >= 11 is 0. The minimum atomic E-state index is -0.986. The van der Waals surface area contributed by atoms with Gasteiger partial charge in [0.25, 0.3) is 6.02 Å². The molecule has 0 spiro atoms. The Labute approximate surface area is 81.7 Å². The molecule has 14 heavy (non-hydrogen) atoms. The Kier molecular flexibility index (Phi) is 5.77. The van der Waals surface area contributed by atoms with Crippen LogP contribution in [0.1, 0.15) is 12.8 Å². The molecule has 0 aromatic heterocycles. The summed E-state index contributed by atoms with van der Waals surface area (Å²) in [6, 6.07) is -1.70. The lowest BCUT2D eigenvalue weighted by molar-refractivity contribution is -0.138. The molecule has 0 heterocycles.